The Morgan fingerprint density at radius 2 is 2.25 bits per heavy atom. The molecule has 2 N–H and O–H groups in total. The van der Waals surface area contributed by atoms with Gasteiger partial charge in [-0.2, -0.15) is 5.10 Å². The number of nitrogens with zero attached hydrogens (tertiary/aromatic N) is 4. The molecule has 0 saturated carbocycles. The van der Waals surface area contributed by atoms with Gasteiger partial charge in [0.25, 0.3) is 5.56 Å². The molecule has 0 aliphatic rings. The van der Waals surface area contributed by atoms with Crippen LogP contribution in [0.1, 0.15) is 5.82 Å². The second kappa shape index (κ2) is 6.65. The van der Waals surface area contributed by atoms with E-state index in [2.05, 4.69) is 36.4 Å². The molecule has 3 aromatic rings. The van der Waals surface area contributed by atoms with Crippen LogP contribution in [0.3, 0.4) is 0 Å². The maximum absolute atomic E-state index is 12.4. The lowest BCUT2D eigenvalue weighted by atomic mass is 10.2. The molecular weight excluding hydrogens is 396 g/mol. The minimum absolute atomic E-state index is 0.122. The molecule has 0 radical (unpaired) electrons. The lowest BCUT2D eigenvalue weighted by Gasteiger charge is -2.08. The Balaban J connectivity index is 1.76. The summed E-state index contributed by atoms with van der Waals surface area (Å²) >= 11 is 8.33. The highest BCUT2D eigenvalue weighted by Crippen LogP contribution is 2.14. The SMILES string of the molecule is Cn1c(CNC(=O)Cn2cnc3ccc(Br)cc3c2=O)n[nH]c1=S. The first-order valence-corrected chi connectivity index (χ1v) is 8.17. The van der Waals surface area contributed by atoms with Gasteiger partial charge in [-0.3, -0.25) is 19.3 Å². The molecule has 1 amide bonds. The lowest BCUT2D eigenvalue weighted by molar-refractivity contribution is -0.121. The summed E-state index contributed by atoms with van der Waals surface area (Å²) in [5, 5.41) is 9.80. The summed E-state index contributed by atoms with van der Waals surface area (Å²) in [6.45, 7) is 0.0902. The first kappa shape index (κ1) is 16.5. The van der Waals surface area contributed by atoms with Gasteiger partial charge >= 0.3 is 0 Å². The van der Waals surface area contributed by atoms with Crippen molar-refractivity contribution in [1.82, 2.24) is 29.6 Å². The van der Waals surface area contributed by atoms with Crippen LogP contribution in [0.2, 0.25) is 0 Å². The van der Waals surface area contributed by atoms with Crippen molar-refractivity contribution in [3.63, 3.8) is 0 Å². The van der Waals surface area contributed by atoms with E-state index in [1.165, 1.54) is 10.9 Å². The third-order valence-electron chi connectivity index (χ3n) is 3.52. The third kappa shape index (κ3) is 3.29. The van der Waals surface area contributed by atoms with Crippen molar-refractivity contribution in [2.75, 3.05) is 0 Å². The zero-order valence-corrected chi connectivity index (χ0v) is 15.0. The maximum atomic E-state index is 12.4. The first-order valence-electron chi connectivity index (χ1n) is 6.97. The summed E-state index contributed by atoms with van der Waals surface area (Å²) in [7, 11) is 1.75. The quantitative estimate of drug-likeness (QED) is 0.633. The van der Waals surface area contributed by atoms with Gasteiger partial charge in [0.1, 0.15) is 6.54 Å². The molecule has 24 heavy (non-hydrogen) atoms. The van der Waals surface area contributed by atoms with Crippen LogP contribution in [-0.4, -0.2) is 30.2 Å². The predicted molar refractivity (Wildman–Crippen MR) is 93.9 cm³/mol. The molecule has 0 bridgehead atoms. The third-order valence-corrected chi connectivity index (χ3v) is 4.37. The molecule has 3 rings (SSSR count). The number of carbonyl (C=O) groups is 1. The number of rotatable bonds is 4. The lowest BCUT2D eigenvalue weighted by Crippen LogP contribution is -2.32. The largest absolute Gasteiger partial charge is 0.347 e. The highest BCUT2D eigenvalue weighted by atomic mass is 79.9. The molecule has 0 aliphatic heterocycles. The molecule has 0 aliphatic carbocycles. The summed E-state index contributed by atoms with van der Waals surface area (Å²) in [6.07, 6.45) is 1.37. The summed E-state index contributed by atoms with van der Waals surface area (Å²) in [6, 6.07) is 5.24. The standard InChI is InChI=1S/C14H13BrN6O2S/c1-20-11(18-19-14(20)24)5-16-12(22)6-21-7-17-10-3-2-8(15)4-9(10)13(21)23/h2-4,7H,5-6H2,1H3,(H,16,22)(H,19,24). The molecule has 1 aromatic carbocycles. The number of halogens is 1. The average Bonchev–Trinajstić information content (AvgIpc) is 2.88. The number of amides is 1. The Morgan fingerprint density at radius 3 is 2.96 bits per heavy atom. The van der Waals surface area contributed by atoms with Crippen molar-refractivity contribution in [2.45, 2.75) is 13.1 Å². The average molecular weight is 409 g/mol. The van der Waals surface area contributed by atoms with Gasteiger partial charge in [0.2, 0.25) is 5.91 Å². The molecule has 0 fully saturated rings. The van der Waals surface area contributed by atoms with Gasteiger partial charge in [0.05, 0.1) is 23.8 Å². The van der Waals surface area contributed by atoms with Crippen molar-refractivity contribution in [1.29, 1.82) is 0 Å². The zero-order chi connectivity index (χ0) is 17.3. The molecular formula is C14H13BrN6O2S. The van der Waals surface area contributed by atoms with E-state index >= 15 is 0 Å². The van der Waals surface area contributed by atoms with Crippen LogP contribution in [0, 0.1) is 4.77 Å². The van der Waals surface area contributed by atoms with Gasteiger partial charge in [-0.05, 0) is 30.4 Å². The number of hydrogen-bond acceptors (Lipinski definition) is 5. The summed E-state index contributed by atoms with van der Waals surface area (Å²) in [4.78, 5) is 28.7. The van der Waals surface area contributed by atoms with E-state index in [-0.39, 0.29) is 24.6 Å². The zero-order valence-electron chi connectivity index (χ0n) is 12.6. The number of aromatic nitrogens is 5. The van der Waals surface area contributed by atoms with Gasteiger partial charge in [-0.1, -0.05) is 15.9 Å². The molecule has 0 atom stereocenters. The fraction of sp³-hybridized carbons (Fsp3) is 0.214. The van der Waals surface area contributed by atoms with E-state index in [9.17, 15) is 9.59 Å². The van der Waals surface area contributed by atoms with Gasteiger partial charge in [-0.15, -0.1) is 0 Å². The smallest absolute Gasteiger partial charge is 0.261 e. The second-order valence-corrected chi connectivity index (χ2v) is 6.42. The molecule has 0 spiro atoms. The van der Waals surface area contributed by atoms with Crippen molar-refractivity contribution in [2.24, 2.45) is 7.05 Å². The van der Waals surface area contributed by atoms with Crippen LogP contribution in [0.15, 0.2) is 33.8 Å². The van der Waals surface area contributed by atoms with Gasteiger partial charge in [-0.25, -0.2) is 4.98 Å². The molecule has 0 saturated heterocycles. The molecule has 10 heteroatoms. The fourth-order valence-corrected chi connectivity index (χ4v) is 2.68. The van der Waals surface area contributed by atoms with Crippen LogP contribution < -0.4 is 10.9 Å². The summed E-state index contributed by atoms with van der Waals surface area (Å²) in [5.41, 5.74) is 0.316. The number of nitrogens with one attached hydrogen (secondary N) is 2. The van der Waals surface area contributed by atoms with Crippen LogP contribution in [0.5, 0.6) is 0 Å². The van der Waals surface area contributed by atoms with Crippen LogP contribution in [0.25, 0.3) is 10.9 Å². The first-order chi connectivity index (χ1) is 11.5. The Kier molecular flexibility index (Phi) is 4.58. The molecule has 2 heterocycles. The Morgan fingerprint density at radius 1 is 1.46 bits per heavy atom. The minimum Gasteiger partial charge on any atom is -0.347 e. The van der Waals surface area contributed by atoms with Crippen molar-refractivity contribution in [3.05, 3.63) is 49.9 Å². The minimum atomic E-state index is -0.317. The molecule has 2 aromatic heterocycles. The van der Waals surface area contributed by atoms with E-state index in [1.807, 2.05) is 6.07 Å². The number of benzene rings is 1. The number of H-pyrrole nitrogens is 1. The van der Waals surface area contributed by atoms with Gasteiger partial charge in [0.15, 0.2) is 10.6 Å². The molecule has 8 nitrogen and oxygen atoms in total. The van der Waals surface area contributed by atoms with E-state index in [0.717, 1.165) is 4.47 Å². The number of fused-ring (bicyclic) bond motifs is 1. The second-order valence-electron chi connectivity index (χ2n) is 5.12. The molecule has 0 unspecified atom stereocenters. The van der Waals surface area contributed by atoms with E-state index < -0.39 is 0 Å². The molecule has 124 valence electrons. The summed E-state index contributed by atoms with van der Waals surface area (Å²) < 4.78 is 4.19. The number of hydrogen-bond donors (Lipinski definition) is 2. The monoisotopic (exact) mass is 408 g/mol. The van der Waals surface area contributed by atoms with Gasteiger partial charge in [0, 0.05) is 11.5 Å². The topological polar surface area (TPSA) is 97.6 Å². The normalized spacial score (nSPS) is 10.9. The Bertz CT molecular complexity index is 1040. The highest BCUT2D eigenvalue weighted by molar-refractivity contribution is 9.10. The van der Waals surface area contributed by atoms with Crippen molar-refractivity contribution in [3.8, 4) is 0 Å². The van der Waals surface area contributed by atoms with Crippen molar-refractivity contribution >= 4 is 45.0 Å². The van der Waals surface area contributed by atoms with Crippen LogP contribution in [0.4, 0.5) is 0 Å². The fourth-order valence-electron chi connectivity index (χ4n) is 2.17. The van der Waals surface area contributed by atoms with Crippen LogP contribution >= 0.6 is 28.1 Å². The van der Waals surface area contributed by atoms with Gasteiger partial charge < -0.3 is 9.88 Å². The summed E-state index contributed by atoms with van der Waals surface area (Å²) in [5.74, 6) is 0.281. The Labute approximate surface area is 149 Å². The van der Waals surface area contributed by atoms with E-state index in [4.69, 9.17) is 12.2 Å². The van der Waals surface area contributed by atoms with E-state index in [1.54, 1.807) is 23.7 Å². The highest BCUT2D eigenvalue weighted by Gasteiger charge is 2.10. The number of carbonyl (C=O) groups excluding carboxylic acids is 1. The maximum Gasteiger partial charge on any atom is 0.261 e. The van der Waals surface area contributed by atoms with Crippen molar-refractivity contribution < 1.29 is 4.79 Å². The Hall–Kier alpha value is -2.33. The number of aromatic amines is 1. The van der Waals surface area contributed by atoms with E-state index in [0.29, 0.717) is 21.5 Å². The predicted octanol–water partition coefficient (Wildman–Crippen LogP) is 1.27. The van der Waals surface area contributed by atoms with Crippen LogP contribution in [-0.2, 0) is 24.9 Å².